The van der Waals surface area contributed by atoms with Gasteiger partial charge < -0.3 is 65.5 Å². The number of nitrogens with zero attached hydrogens (tertiary/aromatic N) is 3. The van der Waals surface area contributed by atoms with Crippen LogP contribution in [0.15, 0.2) is 0 Å². The van der Waals surface area contributed by atoms with E-state index in [2.05, 4.69) is 76.7 Å². The lowest BCUT2D eigenvalue weighted by molar-refractivity contribution is -0.150. The fourth-order valence-electron chi connectivity index (χ4n) is 16.8. The van der Waals surface area contributed by atoms with E-state index in [9.17, 15) is 58.8 Å². The number of aliphatic hydroxyl groups is 4. The monoisotopic (exact) mass is 1820 g/mol. The number of amides is 4. The molecule has 0 aliphatic rings. The van der Waals surface area contributed by atoms with Gasteiger partial charge in [0.2, 0.25) is 23.6 Å². The normalized spacial score (nSPS) is 13.6. The molecule has 0 aliphatic heterocycles. The predicted molar refractivity (Wildman–Crippen MR) is 525 cm³/mol. The minimum absolute atomic E-state index is 0.0587. The van der Waals surface area contributed by atoms with Crippen LogP contribution in [-0.4, -0.2) is 219 Å². The fraction of sp³-hybridized carbons (Fsp3) is 0.924. The molecule has 0 spiro atoms. The van der Waals surface area contributed by atoms with Gasteiger partial charge in [-0.1, -0.05) is 338 Å². The maximum absolute atomic E-state index is 13.6. The minimum Gasteiger partial charge on any atom is -0.465 e. The van der Waals surface area contributed by atoms with E-state index in [-0.39, 0.29) is 86.8 Å². The Hall–Kier alpha value is -4.52. The van der Waals surface area contributed by atoms with Gasteiger partial charge in [0.1, 0.15) is 24.4 Å². The molecule has 128 heavy (non-hydrogen) atoms. The fourth-order valence-corrected chi connectivity index (χ4v) is 16.8. The number of carbonyl (C=O) groups excluding carboxylic acids is 8. The Morgan fingerprint density at radius 2 is 0.375 bits per heavy atom. The van der Waals surface area contributed by atoms with Gasteiger partial charge in [-0.05, 0) is 135 Å². The van der Waals surface area contributed by atoms with Crippen molar-refractivity contribution >= 4 is 47.5 Å². The average molecular weight is 1820 g/mol. The highest BCUT2D eigenvalue weighted by atomic mass is 16.5. The molecule has 0 fully saturated rings. The Morgan fingerprint density at radius 3 is 0.562 bits per heavy atom. The molecule has 23 nitrogen and oxygen atoms in total. The molecule has 0 saturated carbocycles. The Balaban J connectivity index is 6.31. The number of rotatable bonds is 98. The first-order valence-electron chi connectivity index (χ1n) is 53.9. The van der Waals surface area contributed by atoms with E-state index in [4.69, 9.17) is 18.9 Å². The molecule has 23 heteroatoms. The zero-order chi connectivity index (χ0) is 94.2. The highest BCUT2D eigenvalue weighted by Crippen LogP contribution is 2.26. The van der Waals surface area contributed by atoms with Crippen molar-refractivity contribution in [1.82, 2.24) is 36.0 Å². The predicted octanol–water partition coefficient (Wildman–Crippen LogP) is 21.2. The van der Waals surface area contributed by atoms with Crippen molar-refractivity contribution in [2.24, 2.45) is 23.7 Å². The molecule has 0 radical (unpaired) electrons. The Bertz CT molecular complexity index is 2250. The van der Waals surface area contributed by atoms with Crippen molar-refractivity contribution in [3.63, 3.8) is 0 Å². The second-order valence-corrected chi connectivity index (χ2v) is 37.8. The van der Waals surface area contributed by atoms with Crippen LogP contribution in [0.3, 0.4) is 0 Å². The zero-order valence-corrected chi connectivity index (χ0v) is 84.2. The van der Waals surface area contributed by atoms with E-state index in [1.807, 2.05) is 11.9 Å². The summed E-state index contributed by atoms with van der Waals surface area (Å²) >= 11 is 0. The van der Waals surface area contributed by atoms with E-state index < -0.39 is 48.0 Å². The Labute approximate surface area is 783 Å². The molecule has 8 atom stereocenters. The molecule has 4 amide bonds. The Morgan fingerprint density at radius 1 is 0.219 bits per heavy atom. The van der Waals surface area contributed by atoms with Gasteiger partial charge in [0.15, 0.2) is 0 Å². The van der Waals surface area contributed by atoms with E-state index in [0.717, 1.165) is 231 Å². The quantitative estimate of drug-likeness (QED) is 0.0159. The third-order valence-corrected chi connectivity index (χ3v) is 25.6. The molecule has 8 N–H and O–H groups in total. The largest absolute Gasteiger partial charge is 0.465 e. The minimum atomic E-state index is -1.51. The van der Waals surface area contributed by atoms with Gasteiger partial charge in [0.25, 0.3) is 0 Å². The van der Waals surface area contributed by atoms with Crippen molar-refractivity contribution < 1.29 is 77.7 Å². The summed E-state index contributed by atoms with van der Waals surface area (Å²) in [5.74, 6) is -2.94. The lowest BCUT2D eigenvalue weighted by atomic mass is 9.94. The van der Waals surface area contributed by atoms with Gasteiger partial charge in [-0.3, -0.25) is 48.2 Å². The van der Waals surface area contributed by atoms with Crippen LogP contribution in [0.1, 0.15) is 466 Å². The molecule has 0 aliphatic carbocycles. The van der Waals surface area contributed by atoms with Crippen LogP contribution in [0.25, 0.3) is 0 Å². The topological polar surface area (TPSA) is 312 Å². The highest BCUT2D eigenvalue weighted by Gasteiger charge is 2.29. The number of aliphatic hydroxyl groups excluding tert-OH is 4. The molecular formula is C105H203N7O16. The van der Waals surface area contributed by atoms with Gasteiger partial charge in [-0.2, -0.15) is 0 Å². The SMILES string of the molecule is CCCCCCCCC(CCCCCC)C(=O)OCCCCCCNC(=O)C(O)CN(CCN(C)CCN(CC(O)C(=O)NCCCCCCOC(=O)C(CCCCCC)CCCCCCCC)CC(O)C(=O)NCCCCCCOC(=O)C(CCCCCC)CCCCCCCC)CC(O)C(=O)NCCCCCCOC(=O)C(CCCCCC)CCCCCCCC. The Kier molecular flexibility index (Phi) is 88.4. The summed E-state index contributed by atoms with van der Waals surface area (Å²) in [6.45, 7) is 20.6. The van der Waals surface area contributed by atoms with E-state index in [1.54, 1.807) is 9.80 Å². The maximum Gasteiger partial charge on any atom is 0.308 e. The average Bonchev–Trinajstić information content (AvgIpc) is 0.898. The van der Waals surface area contributed by atoms with Crippen LogP contribution >= 0.6 is 0 Å². The molecule has 8 unspecified atom stereocenters. The summed E-state index contributed by atoms with van der Waals surface area (Å²) in [5.41, 5.74) is 0. The van der Waals surface area contributed by atoms with E-state index in [1.165, 1.54) is 128 Å². The summed E-state index contributed by atoms with van der Waals surface area (Å²) in [7, 11) is 1.84. The van der Waals surface area contributed by atoms with Crippen LogP contribution < -0.4 is 21.3 Å². The molecule has 0 aromatic carbocycles. The summed E-state index contributed by atoms with van der Waals surface area (Å²) in [6, 6.07) is 0. The van der Waals surface area contributed by atoms with Crippen LogP contribution in [-0.2, 0) is 57.3 Å². The summed E-state index contributed by atoms with van der Waals surface area (Å²) in [5, 5.41) is 57.4. The van der Waals surface area contributed by atoms with Gasteiger partial charge in [0, 0.05) is 78.5 Å². The second kappa shape index (κ2) is 91.6. The van der Waals surface area contributed by atoms with Crippen molar-refractivity contribution in [1.29, 1.82) is 0 Å². The summed E-state index contributed by atoms with van der Waals surface area (Å²) in [4.78, 5) is 113. The van der Waals surface area contributed by atoms with Crippen LogP contribution in [0.5, 0.6) is 0 Å². The lowest BCUT2D eigenvalue weighted by Gasteiger charge is -2.31. The second-order valence-electron chi connectivity index (χ2n) is 37.8. The molecular weight excluding hydrogens is 1620 g/mol. The van der Waals surface area contributed by atoms with Crippen molar-refractivity contribution in [3.05, 3.63) is 0 Å². The van der Waals surface area contributed by atoms with Crippen LogP contribution in [0.4, 0.5) is 0 Å². The van der Waals surface area contributed by atoms with E-state index >= 15 is 0 Å². The molecule has 0 rings (SSSR count). The van der Waals surface area contributed by atoms with Gasteiger partial charge in [-0.25, -0.2) is 0 Å². The first-order valence-corrected chi connectivity index (χ1v) is 53.9. The zero-order valence-electron chi connectivity index (χ0n) is 84.2. The maximum atomic E-state index is 13.6. The number of hydrogen-bond donors (Lipinski definition) is 8. The number of carbonyl (C=O) groups is 8. The summed E-state index contributed by atoms with van der Waals surface area (Å²) < 4.78 is 23.3. The number of esters is 4. The summed E-state index contributed by atoms with van der Waals surface area (Å²) in [6.07, 6.45) is 59.0. The van der Waals surface area contributed by atoms with Gasteiger partial charge in [0.05, 0.1) is 50.1 Å². The molecule has 0 saturated heterocycles. The van der Waals surface area contributed by atoms with Gasteiger partial charge in [-0.15, -0.1) is 0 Å². The molecule has 754 valence electrons. The molecule has 0 heterocycles. The highest BCUT2D eigenvalue weighted by molar-refractivity contribution is 5.82. The lowest BCUT2D eigenvalue weighted by Crippen LogP contribution is -2.51. The van der Waals surface area contributed by atoms with E-state index in [0.29, 0.717) is 117 Å². The third-order valence-electron chi connectivity index (χ3n) is 25.6. The van der Waals surface area contributed by atoms with Crippen molar-refractivity contribution in [2.75, 3.05) is 112 Å². The standard InChI is InChI=1S/C105H203N7O16/c1-10-18-26-34-38-54-70-90(66-50-30-22-14-5)102(121)125-82-62-46-42-58-74-106-98(117)94(113)86-111(87-95(114)99(118)107-75-59-43-47-63-83-126-103(122)91(67-51-31-23-15-6)71-55-39-35-27-19-11-2)80-78-110(9)79-81-112(88-96(115)100(119)108-76-60-44-48-64-84-127-104(123)92(68-52-32-24-16-7)72-56-40-36-28-20-12-3)89-97(116)101(120)109-77-61-45-49-65-85-128-105(124)93(69-53-33-25-17-8)73-57-41-37-29-21-13-4/h90-97,113-116H,10-89H2,1-9H3,(H,106,117)(H,107,118)(H,108,119)(H,109,120). The molecule has 0 aromatic rings. The molecule has 0 aromatic heterocycles. The number of nitrogens with one attached hydrogen (secondary N) is 4. The van der Waals surface area contributed by atoms with Crippen LogP contribution in [0, 0.1) is 23.7 Å². The number of likely N-dealkylation sites (N-methyl/N-ethyl adjacent to an activating group) is 1. The smallest absolute Gasteiger partial charge is 0.308 e. The number of unbranched alkanes of at least 4 members (excludes halogenated alkanes) is 44. The van der Waals surface area contributed by atoms with Crippen molar-refractivity contribution in [3.8, 4) is 0 Å². The number of ether oxygens (including phenoxy) is 4. The van der Waals surface area contributed by atoms with Crippen molar-refractivity contribution in [2.45, 2.75) is 491 Å². The van der Waals surface area contributed by atoms with Crippen LogP contribution in [0.2, 0.25) is 0 Å². The first-order chi connectivity index (χ1) is 62.3. The third kappa shape index (κ3) is 74.9. The van der Waals surface area contributed by atoms with Gasteiger partial charge >= 0.3 is 23.9 Å². The first kappa shape index (κ1) is 123. The molecule has 0 bridgehead atoms. The number of hydrogen-bond acceptors (Lipinski definition) is 19.